The Bertz CT molecular complexity index is 533. The Morgan fingerprint density at radius 3 is 2.20 bits per heavy atom. The molecule has 0 atom stereocenters. The van der Waals surface area contributed by atoms with Gasteiger partial charge in [0.25, 0.3) is 0 Å². The number of rotatable bonds is 7. The first kappa shape index (κ1) is 16.9. The monoisotopic (exact) mass is 319 g/mol. The molecule has 0 heterocycles. The lowest BCUT2D eigenvalue weighted by Gasteiger charge is -2.18. The van der Waals surface area contributed by atoms with Crippen molar-refractivity contribution in [3.63, 3.8) is 0 Å². The van der Waals surface area contributed by atoms with Crippen LogP contribution < -0.4 is 0 Å². The first-order valence-corrected chi connectivity index (χ1v) is 7.86. The number of nitrogens with zero attached hydrogens (tertiary/aromatic N) is 1. The van der Waals surface area contributed by atoms with E-state index in [2.05, 4.69) is 0 Å². The third-order valence-electron chi connectivity index (χ3n) is 2.26. The highest BCUT2D eigenvalue weighted by Gasteiger charge is 2.33. The van der Waals surface area contributed by atoms with E-state index in [1.807, 2.05) is 0 Å². The summed E-state index contributed by atoms with van der Waals surface area (Å²) in [6, 6.07) is 6.16. The van der Waals surface area contributed by atoms with E-state index < -0.39 is 12.5 Å². The maximum absolute atomic E-state index is 12.7. The fraction of sp³-hybridized carbons (Fsp3) is 0.333. The van der Waals surface area contributed by atoms with E-state index in [9.17, 15) is 14.7 Å². The zero-order valence-electron chi connectivity index (χ0n) is 11.1. The zero-order valence-corrected chi connectivity index (χ0v) is 12.8. The fourth-order valence-electron chi connectivity index (χ4n) is 1.54. The predicted molar refractivity (Wildman–Crippen MR) is 77.3 cm³/mol. The first-order valence-electron chi connectivity index (χ1n) is 5.94. The highest BCUT2D eigenvalue weighted by molar-refractivity contribution is 7.65. The van der Waals surface area contributed by atoms with Crippen molar-refractivity contribution in [1.82, 2.24) is 0 Å². The molecule has 0 amide bonds. The van der Waals surface area contributed by atoms with Crippen LogP contribution in [-0.4, -0.2) is 18.1 Å². The van der Waals surface area contributed by atoms with Gasteiger partial charge in [0.2, 0.25) is 6.20 Å². The molecule has 0 N–H and O–H groups in total. The van der Waals surface area contributed by atoms with Crippen LogP contribution in [-0.2, 0) is 13.6 Å². The molecule has 20 heavy (non-hydrogen) atoms. The van der Waals surface area contributed by atoms with Gasteiger partial charge in [0.05, 0.1) is 18.1 Å². The van der Waals surface area contributed by atoms with Gasteiger partial charge < -0.3 is 9.05 Å². The molecule has 0 saturated carbocycles. The third kappa shape index (κ3) is 4.42. The van der Waals surface area contributed by atoms with Gasteiger partial charge in [0.1, 0.15) is 5.31 Å². The summed E-state index contributed by atoms with van der Waals surface area (Å²) in [5.74, 6) is 0. The van der Waals surface area contributed by atoms with Gasteiger partial charge in [-0.15, -0.1) is 0 Å². The van der Waals surface area contributed by atoms with Gasteiger partial charge in [-0.2, -0.15) is 0 Å². The smallest absolute Gasteiger partial charge is 0.305 e. The molecule has 1 aromatic rings. The highest BCUT2D eigenvalue weighted by Crippen LogP contribution is 2.60. The molecule has 0 bridgehead atoms. The maximum Gasteiger partial charge on any atom is 0.368 e. The van der Waals surface area contributed by atoms with Gasteiger partial charge in [-0.1, -0.05) is 23.7 Å². The van der Waals surface area contributed by atoms with Crippen LogP contribution in [0.5, 0.6) is 0 Å². The summed E-state index contributed by atoms with van der Waals surface area (Å²) in [4.78, 5) is 10.1. The Hall–Kier alpha value is -1.20. The SMILES string of the molecule is CCOP(=O)(OCC)/C(=C/[N+](=O)[O-])c1ccc(Cl)cc1. The quantitative estimate of drug-likeness (QED) is 0.428. The normalized spacial score (nSPS) is 12.4. The molecule has 8 heteroatoms. The Morgan fingerprint density at radius 1 is 1.30 bits per heavy atom. The van der Waals surface area contributed by atoms with Crippen molar-refractivity contribution in [3.05, 3.63) is 51.2 Å². The Balaban J connectivity index is 3.34. The highest BCUT2D eigenvalue weighted by atomic mass is 35.5. The fourth-order valence-corrected chi connectivity index (χ4v) is 3.40. The molecule has 6 nitrogen and oxygen atoms in total. The lowest BCUT2D eigenvalue weighted by atomic mass is 10.2. The van der Waals surface area contributed by atoms with Gasteiger partial charge in [-0.25, -0.2) is 0 Å². The largest absolute Gasteiger partial charge is 0.368 e. The second-order valence-electron chi connectivity index (χ2n) is 3.64. The van der Waals surface area contributed by atoms with Crippen molar-refractivity contribution in [3.8, 4) is 0 Å². The van der Waals surface area contributed by atoms with Crippen molar-refractivity contribution in [1.29, 1.82) is 0 Å². The van der Waals surface area contributed by atoms with Gasteiger partial charge in [0, 0.05) is 5.02 Å². The summed E-state index contributed by atoms with van der Waals surface area (Å²) >= 11 is 5.77. The molecule has 0 aliphatic heterocycles. The van der Waals surface area contributed by atoms with E-state index in [-0.39, 0.29) is 18.5 Å². The molecule has 0 aromatic heterocycles. The lowest BCUT2D eigenvalue weighted by molar-refractivity contribution is -0.401. The second-order valence-corrected chi connectivity index (χ2v) is 6.07. The maximum atomic E-state index is 12.7. The summed E-state index contributed by atoms with van der Waals surface area (Å²) in [5, 5.41) is 11.2. The van der Waals surface area contributed by atoms with E-state index in [1.165, 1.54) is 12.1 Å². The van der Waals surface area contributed by atoms with Crippen LogP contribution in [0.1, 0.15) is 19.4 Å². The van der Waals surface area contributed by atoms with Gasteiger partial charge in [-0.3, -0.25) is 14.7 Å². The Kier molecular flexibility index (Phi) is 6.36. The lowest BCUT2D eigenvalue weighted by Crippen LogP contribution is -2.01. The van der Waals surface area contributed by atoms with Crippen molar-refractivity contribution < 1.29 is 18.5 Å². The molecule has 0 radical (unpaired) electrons. The van der Waals surface area contributed by atoms with Crippen molar-refractivity contribution in [2.75, 3.05) is 13.2 Å². The Labute approximate surface area is 122 Å². The van der Waals surface area contributed by atoms with Gasteiger partial charge in [0.15, 0.2) is 0 Å². The van der Waals surface area contributed by atoms with Gasteiger partial charge >= 0.3 is 7.60 Å². The summed E-state index contributed by atoms with van der Waals surface area (Å²) in [6.07, 6.45) is 0.648. The number of hydrogen-bond donors (Lipinski definition) is 0. The van der Waals surface area contributed by atoms with Crippen LogP contribution in [0.2, 0.25) is 5.02 Å². The van der Waals surface area contributed by atoms with Crippen LogP contribution in [0.15, 0.2) is 30.5 Å². The molecule has 0 spiro atoms. The van der Waals surface area contributed by atoms with Crippen LogP contribution in [0, 0.1) is 10.1 Å². The van der Waals surface area contributed by atoms with Crippen molar-refractivity contribution in [2.24, 2.45) is 0 Å². The topological polar surface area (TPSA) is 78.7 Å². The third-order valence-corrected chi connectivity index (χ3v) is 4.67. The summed E-state index contributed by atoms with van der Waals surface area (Å²) < 4.78 is 23.0. The van der Waals surface area contributed by atoms with E-state index in [0.29, 0.717) is 16.8 Å². The minimum atomic E-state index is -3.74. The first-order chi connectivity index (χ1) is 9.42. The minimum absolute atomic E-state index is 0.0946. The summed E-state index contributed by atoms with van der Waals surface area (Å²) in [5.41, 5.74) is 0.372. The van der Waals surface area contributed by atoms with Crippen LogP contribution in [0.4, 0.5) is 0 Å². The van der Waals surface area contributed by atoms with E-state index >= 15 is 0 Å². The van der Waals surface area contributed by atoms with Gasteiger partial charge in [-0.05, 0) is 31.5 Å². The molecular weight excluding hydrogens is 305 g/mol. The molecule has 0 aliphatic carbocycles. The molecular formula is C12H15ClNO5P. The van der Waals surface area contributed by atoms with E-state index in [4.69, 9.17) is 20.6 Å². The Morgan fingerprint density at radius 2 is 1.80 bits per heavy atom. The predicted octanol–water partition coefficient (Wildman–Crippen LogP) is 4.18. The average molecular weight is 320 g/mol. The van der Waals surface area contributed by atoms with Crippen LogP contribution in [0.3, 0.4) is 0 Å². The minimum Gasteiger partial charge on any atom is -0.305 e. The molecule has 0 unspecified atom stereocenters. The zero-order chi connectivity index (χ0) is 15.2. The number of benzene rings is 1. The van der Waals surface area contributed by atoms with Crippen molar-refractivity contribution in [2.45, 2.75) is 13.8 Å². The molecule has 1 rings (SSSR count). The number of nitro groups is 1. The molecule has 110 valence electrons. The molecule has 0 saturated heterocycles. The molecule has 1 aromatic carbocycles. The average Bonchev–Trinajstić information content (AvgIpc) is 2.37. The number of hydrogen-bond acceptors (Lipinski definition) is 5. The van der Waals surface area contributed by atoms with Crippen LogP contribution >= 0.6 is 19.2 Å². The van der Waals surface area contributed by atoms with E-state index in [0.717, 1.165) is 0 Å². The standard InChI is InChI=1S/C12H15ClNO5P/c1-3-18-20(17,19-4-2)12(9-14(15)16)10-5-7-11(13)8-6-10/h5-9H,3-4H2,1-2H3/b12-9+. The number of halogens is 1. The molecule has 0 aliphatic rings. The van der Waals surface area contributed by atoms with Crippen LogP contribution in [0.25, 0.3) is 5.31 Å². The molecule has 0 fully saturated rings. The van der Waals surface area contributed by atoms with Crippen molar-refractivity contribution >= 4 is 24.5 Å². The van der Waals surface area contributed by atoms with E-state index in [1.54, 1.807) is 26.0 Å². The summed E-state index contributed by atoms with van der Waals surface area (Å²) in [6.45, 7) is 3.49. The summed E-state index contributed by atoms with van der Waals surface area (Å²) in [7, 11) is -3.74. The second kappa shape index (κ2) is 7.55.